The molecule has 2 rings (SSSR count). The average Bonchev–Trinajstić information content (AvgIpc) is 2.63. The van der Waals surface area contributed by atoms with Crippen molar-refractivity contribution in [3.63, 3.8) is 0 Å². The molecule has 0 N–H and O–H groups in total. The zero-order chi connectivity index (χ0) is 19.9. The molecule has 2 atom stereocenters. The number of benzene rings is 2. The molecule has 0 aliphatic heterocycles. The van der Waals surface area contributed by atoms with Crippen molar-refractivity contribution in [2.75, 3.05) is 19.8 Å². The van der Waals surface area contributed by atoms with Crippen molar-refractivity contribution in [2.45, 2.75) is 25.4 Å². The van der Waals surface area contributed by atoms with E-state index in [1.165, 1.54) is 0 Å². The zero-order valence-corrected chi connectivity index (χ0v) is 16.9. The minimum atomic E-state index is -3.68. The summed E-state index contributed by atoms with van der Waals surface area (Å²) in [6, 6.07) is 15.8. The van der Waals surface area contributed by atoms with Gasteiger partial charge in [0.2, 0.25) is 6.54 Å². The first-order chi connectivity index (χ1) is 12.9. The summed E-state index contributed by atoms with van der Waals surface area (Å²) in [7, 11) is -3.68. The Bertz CT molecular complexity index is 774. The lowest BCUT2D eigenvalue weighted by atomic mass is 9.91. The molecule has 6 nitrogen and oxygen atoms in total. The summed E-state index contributed by atoms with van der Waals surface area (Å²) in [6.45, 7) is 3.38. The standard InChI is InChI=1S/C19H23ClNO5P/c1-3-25-27(24,26-4-2)19(16-8-6-5-7-9-16)18(14-21(22)23)15-10-12-17(20)13-11-15/h5-13,18-19H,3-4,14H2,1-2H3/t18-,19-/m1/s1. The first-order valence-electron chi connectivity index (χ1n) is 8.72. The minimum Gasteiger partial charge on any atom is -0.308 e. The van der Waals surface area contributed by atoms with Crippen molar-refractivity contribution < 1.29 is 18.5 Å². The van der Waals surface area contributed by atoms with Gasteiger partial charge in [0.1, 0.15) is 0 Å². The maximum Gasteiger partial charge on any atom is 0.338 e. The smallest absolute Gasteiger partial charge is 0.308 e. The second-order valence-electron chi connectivity index (χ2n) is 5.90. The third kappa shape index (κ3) is 5.63. The van der Waals surface area contributed by atoms with E-state index in [-0.39, 0.29) is 13.2 Å². The van der Waals surface area contributed by atoms with Gasteiger partial charge in [-0.2, -0.15) is 0 Å². The van der Waals surface area contributed by atoms with Gasteiger partial charge < -0.3 is 9.05 Å². The predicted octanol–water partition coefficient (Wildman–Crippen LogP) is 5.71. The molecule has 0 saturated heterocycles. The molecule has 0 fully saturated rings. The lowest BCUT2D eigenvalue weighted by molar-refractivity contribution is -0.483. The Labute approximate surface area is 164 Å². The van der Waals surface area contributed by atoms with E-state index in [0.29, 0.717) is 16.1 Å². The molecule has 146 valence electrons. The van der Waals surface area contributed by atoms with Crippen LogP contribution in [0.1, 0.15) is 36.6 Å². The van der Waals surface area contributed by atoms with E-state index in [9.17, 15) is 14.7 Å². The second kappa shape index (κ2) is 10.00. The van der Waals surface area contributed by atoms with Crippen LogP contribution in [0.25, 0.3) is 0 Å². The Morgan fingerprint density at radius 3 is 2.04 bits per heavy atom. The van der Waals surface area contributed by atoms with Gasteiger partial charge in [-0.1, -0.05) is 54.1 Å². The molecular formula is C19H23ClNO5P. The minimum absolute atomic E-state index is 0.173. The first-order valence-corrected chi connectivity index (χ1v) is 10.7. The number of hydrogen-bond acceptors (Lipinski definition) is 5. The van der Waals surface area contributed by atoms with Gasteiger partial charge in [0.15, 0.2) is 0 Å². The normalized spacial score (nSPS) is 13.9. The molecule has 0 heterocycles. The lowest BCUT2D eigenvalue weighted by Crippen LogP contribution is -2.22. The van der Waals surface area contributed by atoms with Gasteiger partial charge in [0.05, 0.1) is 24.8 Å². The third-order valence-corrected chi connectivity index (χ3v) is 6.95. The SMILES string of the molecule is CCOP(=O)(OCC)[C@H](c1ccccc1)[C@H](C[N+](=O)[O-])c1ccc(Cl)cc1. The Morgan fingerprint density at radius 1 is 1.00 bits per heavy atom. The molecular weight excluding hydrogens is 389 g/mol. The predicted molar refractivity (Wildman–Crippen MR) is 106 cm³/mol. The van der Waals surface area contributed by atoms with E-state index in [1.54, 1.807) is 62.4 Å². The highest BCUT2D eigenvalue weighted by Gasteiger charge is 2.45. The van der Waals surface area contributed by atoms with Gasteiger partial charge in [-0.05, 0) is 37.1 Å². The Hall–Kier alpha value is -1.72. The van der Waals surface area contributed by atoms with Gasteiger partial charge in [0, 0.05) is 9.95 Å². The van der Waals surface area contributed by atoms with Gasteiger partial charge in [-0.25, -0.2) is 0 Å². The fourth-order valence-electron chi connectivity index (χ4n) is 3.10. The lowest BCUT2D eigenvalue weighted by Gasteiger charge is -2.31. The van der Waals surface area contributed by atoms with Crippen molar-refractivity contribution in [3.8, 4) is 0 Å². The van der Waals surface area contributed by atoms with Gasteiger partial charge in [-0.3, -0.25) is 14.7 Å². The maximum absolute atomic E-state index is 13.7. The van der Waals surface area contributed by atoms with Crippen LogP contribution in [-0.4, -0.2) is 24.7 Å². The molecule has 0 aromatic heterocycles. The summed E-state index contributed by atoms with van der Waals surface area (Å²) in [6.07, 6.45) is 0. The number of nitrogens with zero attached hydrogens (tertiary/aromatic N) is 1. The third-order valence-electron chi connectivity index (χ3n) is 4.12. The molecule has 0 radical (unpaired) electrons. The molecule has 0 aliphatic carbocycles. The Balaban J connectivity index is 2.64. The van der Waals surface area contributed by atoms with E-state index in [4.69, 9.17) is 20.6 Å². The Kier molecular flexibility index (Phi) is 7.99. The van der Waals surface area contributed by atoms with E-state index < -0.39 is 30.6 Å². The van der Waals surface area contributed by atoms with Gasteiger partial charge in [-0.15, -0.1) is 0 Å². The molecule has 0 amide bonds. The fourth-order valence-corrected chi connectivity index (χ4v) is 5.59. The van der Waals surface area contributed by atoms with Crippen LogP contribution in [-0.2, 0) is 13.6 Å². The van der Waals surface area contributed by atoms with Crippen molar-refractivity contribution in [2.24, 2.45) is 0 Å². The molecule has 0 saturated carbocycles. The first kappa shape index (κ1) is 21.6. The zero-order valence-electron chi connectivity index (χ0n) is 15.3. The number of halogens is 1. The van der Waals surface area contributed by atoms with Crippen LogP contribution in [0, 0.1) is 10.1 Å². The van der Waals surface area contributed by atoms with Crippen LogP contribution >= 0.6 is 19.2 Å². The second-order valence-corrected chi connectivity index (χ2v) is 8.49. The topological polar surface area (TPSA) is 78.7 Å². The molecule has 27 heavy (non-hydrogen) atoms. The quantitative estimate of drug-likeness (QED) is 0.284. The van der Waals surface area contributed by atoms with Crippen LogP contribution in [0.5, 0.6) is 0 Å². The summed E-state index contributed by atoms with van der Waals surface area (Å²) in [4.78, 5) is 11.0. The van der Waals surface area contributed by atoms with Crippen LogP contribution in [0.4, 0.5) is 0 Å². The fraction of sp³-hybridized carbons (Fsp3) is 0.368. The highest BCUT2D eigenvalue weighted by atomic mass is 35.5. The summed E-state index contributed by atoms with van der Waals surface area (Å²) in [5, 5.41) is 12.0. The molecule has 2 aromatic rings. The number of hydrogen-bond donors (Lipinski definition) is 0. The van der Waals surface area contributed by atoms with E-state index in [0.717, 1.165) is 0 Å². The van der Waals surface area contributed by atoms with Gasteiger partial charge >= 0.3 is 7.60 Å². The summed E-state index contributed by atoms with van der Waals surface area (Å²) in [5.41, 5.74) is 0.513. The average molecular weight is 412 g/mol. The van der Waals surface area contributed by atoms with E-state index in [1.807, 2.05) is 6.07 Å². The molecule has 2 aromatic carbocycles. The van der Waals surface area contributed by atoms with E-state index >= 15 is 0 Å². The summed E-state index contributed by atoms with van der Waals surface area (Å²) in [5.74, 6) is -0.705. The molecule has 0 aliphatic rings. The van der Waals surface area contributed by atoms with Crippen LogP contribution in [0.3, 0.4) is 0 Å². The van der Waals surface area contributed by atoms with Crippen LogP contribution < -0.4 is 0 Å². The number of rotatable bonds is 10. The van der Waals surface area contributed by atoms with Gasteiger partial charge in [0.25, 0.3) is 0 Å². The van der Waals surface area contributed by atoms with Crippen LogP contribution in [0.15, 0.2) is 54.6 Å². The molecule has 0 unspecified atom stereocenters. The highest BCUT2D eigenvalue weighted by molar-refractivity contribution is 7.54. The van der Waals surface area contributed by atoms with Crippen molar-refractivity contribution in [3.05, 3.63) is 80.9 Å². The largest absolute Gasteiger partial charge is 0.338 e. The molecule has 0 spiro atoms. The maximum atomic E-state index is 13.7. The number of nitro groups is 1. The van der Waals surface area contributed by atoms with E-state index in [2.05, 4.69) is 0 Å². The van der Waals surface area contributed by atoms with Crippen molar-refractivity contribution in [1.82, 2.24) is 0 Å². The Morgan fingerprint density at radius 2 is 1.56 bits per heavy atom. The molecule has 8 heteroatoms. The van der Waals surface area contributed by atoms with Crippen molar-refractivity contribution >= 4 is 19.2 Å². The van der Waals surface area contributed by atoms with Crippen LogP contribution in [0.2, 0.25) is 5.02 Å². The monoisotopic (exact) mass is 411 g/mol. The summed E-state index contributed by atoms with van der Waals surface area (Å²) >= 11 is 5.97. The highest BCUT2D eigenvalue weighted by Crippen LogP contribution is 2.65. The summed E-state index contributed by atoms with van der Waals surface area (Å²) < 4.78 is 24.8. The molecule has 0 bridgehead atoms. The van der Waals surface area contributed by atoms with Crippen molar-refractivity contribution in [1.29, 1.82) is 0 Å².